The third-order valence-corrected chi connectivity index (χ3v) is 3.23. The van der Waals surface area contributed by atoms with Crippen molar-refractivity contribution in [3.05, 3.63) is 76.8 Å². The molecule has 0 heterocycles. The molecule has 6 nitrogen and oxygen atoms in total. The Hall–Kier alpha value is -3.12. The topological polar surface area (TPSA) is 84.5 Å². The summed E-state index contributed by atoms with van der Waals surface area (Å²) in [5, 5.41) is 0.592. The first-order valence-corrected chi connectivity index (χ1v) is 7.67. The Morgan fingerprint density at radius 3 is 2.32 bits per heavy atom. The molecule has 0 bridgehead atoms. The molecule has 7 heteroatoms. The van der Waals surface area contributed by atoms with Gasteiger partial charge in [0.05, 0.1) is 0 Å². The largest absolute Gasteiger partial charge is 0.452 e. The number of halogens is 1. The van der Waals surface area contributed by atoms with Gasteiger partial charge in [-0.2, -0.15) is 0 Å². The number of hydrazine groups is 1. The van der Waals surface area contributed by atoms with E-state index in [4.69, 9.17) is 16.3 Å². The van der Waals surface area contributed by atoms with E-state index in [2.05, 4.69) is 10.9 Å². The number of ether oxygens (including phenoxy) is 1. The Morgan fingerprint density at radius 2 is 1.64 bits per heavy atom. The highest BCUT2D eigenvalue weighted by Crippen LogP contribution is 2.10. The fourth-order valence-corrected chi connectivity index (χ4v) is 1.87. The molecular weight excluding hydrogens is 344 g/mol. The maximum Gasteiger partial charge on any atom is 0.331 e. The molecule has 2 aromatic rings. The minimum absolute atomic E-state index is 0.394. The molecule has 0 aliphatic carbocycles. The fourth-order valence-electron chi connectivity index (χ4n) is 1.75. The average Bonchev–Trinajstić information content (AvgIpc) is 2.64. The number of carbonyl (C=O) groups excluding carboxylic acids is 3. The van der Waals surface area contributed by atoms with E-state index in [1.54, 1.807) is 54.6 Å². The summed E-state index contributed by atoms with van der Waals surface area (Å²) >= 11 is 5.76. The molecule has 0 aliphatic rings. The molecule has 0 atom stereocenters. The second-order valence-corrected chi connectivity index (χ2v) is 5.30. The summed E-state index contributed by atoms with van der Waals surface area (Å²) in [6.45, 7) is -0.515. The molecule has 2 rings (SSSR count). The Bertz CT molecular complexity index is 773. The van der Waals surface area contributed by atoms with Gasteiger partial charge in [-0.1, -0.05) is 41.9 Å². The van der Waals surface area contributed by atoms with Crippen molar-refractivity contribution in [3.8, 4) is 0 Å². The van der Waals surface area contributed by atoms with Gasteiger partial charge < -0.3 is 4.74 Å². The molecule has 0 radical (unpaired) electrons. The summed E-state index contributed by atoms with van der Waals surface area (Å²) in [6.07, 6.45) is 2.73. The van der Waals surface area contributed by atoms with E-state index in [1.807, 2.05) is 0 Å². The second kappa shape index (κ2) is 9.24. The van der Waals surface area contributed by atoms with Crippen molar-refractivity contribution in [1.82, 2.24) is 10.9 Å². The summed E-state index contributed by atoms with van der Waals surface area (Å²) in [5.74, 6) is -1.81. The molecule has 0 aromatic heterocycles. The third kappa shape index (κ3) is 6.48. The lowest BCUT2D eigenvalue weighted by Crippen LogP contribution is -2.43. The van der Waals surface area contributed by atoms with Gasteiger partial charge in [-0.05, 0) is 35.9 Å². The lowest BCUT2D eigenvalue weighted by Gasteiger charge is -2.07. The van der Waals surface area contributed by atoms with Crippen LogP contribution >= 0.6 is 11.6 Å². The maximum absolute atomic E-state index is 11.7. The van der Waals surface area contributed by atoms with Crippen molar-refractivity contribution < 1.29 is 19.1 Å². The standard InChI is InChI=1S/C18H15ClN2O4/c19-15-9-6-13(7-10-15)8-11-17(23)25-12-16(22)20-21-18(24)14-4-2-1-3-5-14/h1-11H,12H2,(H,20,22)(H,21,24)/b11-8+. The van der Waals surface area contributed by atoms with E-state index in [0.29, 0.717) is 10.6 Å². The molecular formula is C18H15ClN2O4. The van der Waals surface area contributed by atoms with Gasteiger partial charge in [0.2, 0.25) is 0 Å². The van der Waals surface area contributed by atoms with E-state index in [-0.39, 0.29) is 0 Å². The molecule has 0 aliphatic heterocycles. The third-order valence-electron chi connectivity index (χ3n) is 2.98. The Labute approximate surface area is 149 Å². The van der Waals surface area contributed by atoms with Gasteiger partial charge in [0.25, 0.3) is 11.8 Å². The van der Waals surface area contributed by atoms with E-state index in [0.717, 1.165) is 5.56 Å². The first-order chi connectivity index (χ1) is 12.0. The molecule has 2 N–H and O–H groups in total. The smallest absolute Gasteiger partial charge is 0.331 e. The van der Waals surface area contributed by atoms with Crippen molar-refractivity contribution in [2.45, 2.75) is 0 Å². The monoisotopic (exact) mass is 358 g/mol. The van der Waals surface area contributed by atoms with Crippen LogP contribution in [0, 0.1) is 0 Å². The van der Waals surface area contributed by atoms with Gasteiger partial charge >= 0.3 is 5.97 Å². The van der Waals surface area contributed by atoms with Crippen LogP contribution in [0.3, 0.4) is 0 Å². The van der Waals surface area contributed by atoms with E-state index >= 15 is 0 Å². The van der Waals surface area contributed by atoms with Gasteiger partial charge in [-0.25, -0.2) is 4.79 Å². The number of carbonyl (C=O) groups is 3. The predicted octanol–water partition coefficient (Wildman–Crippen LogP) is 2.36. The molecule has 2 amide bonds. The molecule has 0 fully saturated rings. The second-order valence-electron chi connectivity index (χ2n) is 4.86. The summed E-state index contributed by atoms with van der Waals surface area (Å²) < 4.78 is 4.77. The SMILES string of the molecule is O=C(COC(=O)/C=C/c1ccc(Cl)cc1)NNC(=O)c1ccccc1. The molecule has 2 aromatic carbocycles. The van der Waals surface area contributed by atoms with E-state index in [1.165, 1.54) is 12.2 Å². The molecule has 0 saturated carbocycles. The predicted molar refractivity (Wildman–Crippen MR) is 93.5 cm³/mol. The zero-order chi connectivity index (χ0) is 18.1. The highest BCUT2D eigenvalue weighted by Gasteiger charge is 2.08. The molecule has 0 unspecified atom stereocenters. The lowest BCUT2D eigenvalue weighted by atomic mass is 10.2. The van der Waals surface area contributed by atoms with Gasteiger partial charge in [0, 0.05) is 16.7 Å². The van der Waals surface area contributed by atoms with Gasteiger partial charge in [0.15, 0.2) is 6.61 Å². The minimum Gasteiger partial charge on any atom is -0.452 e. The van der Waals surface area contributed by atoms with Crippen molar-refractivity contribution in [2.24, 2.45) is 0 Å². The fraction of sp³-hybridized carbons (Fsp3) is 0.0556. The average molecular weight is 359 g/mol. The zero-order valence-corrected chi connectivity index (χ0v) is 13.8. The van der Waals surface area contributed by atoms with E-state index < -0.39 is 24.4 Å². The molecule has 128 valence electrons. The van der Waals surface area contributed by atoms with Crippen LogP contribution in [0.1, 0.15) is 15.9 Å². The summed E-state index contributed by atoms with van der Waals surface area (Å²) in [5.41, 5.74) is 5.55. The Kier molecular flexibility index (Phi) is 6.74. The van der Waals surface area contributed by atoms with Crippen LogP contribution in [0.4, 0.5) is 0 Å². The molecule has 0 spiro atoms. The number of hydrogen-bond acceptors (Lipinski definition) is 4. The number of amides is 2. The number of benzene rings is 2. The Balaban J connectivity index is 1.71. The minimum atomic E-state index is -0.681. The van der Waals surface area contributed by atoms with Gasteiger partial charge in [0.1, 0.15) is 0 Å². The number of rotatable bonds is 5. The first-order valence-electron chi connectivity index (χ1n) is 7.29. The zero-order valence-electron chi connectivity index (χ0n) is 13.1. The number of hydrogen-bond donors (Lipinski definition) is 2. The van der Waals surface area contributed by atoms with Crippen LogP contribution in [0.5, 0.6) is 0 Å². The van der Waals surface area contributed by atoms with Crippen LogP contribution < -0.4 is 10.9 Å². The van der Waals surface area contributed by atoms with Crippen LogP contribution in [0.15, 0.2) is 60.7 Å². The van der Waals surface area contributed by atoms with Crippen molar-refractivity contribution >= 4 is 35.5 Å². The van der Waals surface area contributed by atoms with Gasteiger partial charge in [-0.15, -0.1) is 0 Å². The van der Waals surface area contributed by atoms with Crippen LogP contribution in [0.25, 0.3) is 6.08 Å². The molecule has 25 heavy (non-hydrogen) atoms. The highest BCUT2D eigenvalue weighted by molar-refractivity contribution is 6.30. The number of nitrogens with one attached hydrogen (secondary N) is 2. The maximum atomic E-state index is 11.7. The first kappa shape index (κ1) is 18.2. The van der Waals surface area contributed by atoms with Gasteiger partial charge in [-0.3, -0.25) is 20.4 Å². The van der Waals surface area contributed by atoms with Crippen molar-refractivity contribution in [2.75, 3.05) is 6.61 Å². The molecule has 0 saturated heterocycles. The van der Waals surface area contributed by atoms with E-state index in [9.17, 15) is 14.4 Å². The van der Waals surface area contributed by atoms with Crippen LogP contribution in [-0.2, 0) is 14.3 Å². The number of esters is 1. The highest BCUT2D eigenvalue weighted by atomic mass is 35.5. The summed E-state index contributed by atoms with van der Waals surface area (Å²) in [4.78, 5) is 34.8. The lowest BCUT2D eigenvalue weighted by molar-refractivity contribution is -0.144. The summed E-state index contributed by atoms with van der Waals surface area (Å²) in [6, 6.07) is 15.2. The van der Waals surface area contributed by atoms with Crippen LogP contribution in [-0.4, -0.2) is 24.4 Å². The summed E-state index contributed by atoms with van der Waals surface area (Å²) in [7, 11) is 0. The quantitative estimate of drug-likeness (QED) is 0.488. The normalized spacial score (nSPS) is 10.3. The van der Waals surface area contributed by atoms with Crippen molar-refractivity contribution in [3.63, 3.8) is 0 Å². The Morgan fingerprint density at radius 1 is 0.960 bits per heavy atom. The van der Waals surface area contributed by atoms with Crippen LogP contribution in [0.2, 0.25) is 5.02 Å². The van der Waals surface area contributed by atoms with Crippen molar-refractivity contribution in [1.29, 1.82) is 0 Å².